The second-order valence-electron chi connectivity index (χ2n) is 3.20. The molecule has 0 saturated heterocycles. The van der Waals surface area contributed by atoms with Gasteiger partial charge in [0.1, 0.15) is 13.2 Å². The Morgan fingerprint density at radius 2 is 2.12 bits per heavy atom. The molecule has 0 aliphatic carbocycles. The van der Waals surface area contributed by atoms with Crippen LogP contribution in [0.15, 0.2) is 22.7 Å². The lowest BCUT2D eigenvalue weighted by molar-refractivity contribution is -0.131. The molecule has 1 aliphatic heterocycles. The van der Waals surface area contributed by atoms with Gasteiger partial charge in [-0.3, -0.25) is 0 Å². The van der Waals surface area contributed by atoms with Crippen LogP contribution >= 0.6 is 15.9 Å². The zero-order valence-corrected chi connectivity index (χ0v) is 9.86. The summed E-state index contributed by atoms with van der Waals surface area (Å²) >= 11 is 3.35. The lowest BCUT2D eigenvalue weighted by Crippen LogP contribution is -2.15. The van der Waals surface area contributed by atoms with Gasteiger partial charge in [-0.2, -0.15) is 0 Å². The van der Waals surface area contributed by atoms with Gasteiger partial charge in [-0.15, -0.1) is 0 Å². The van der Waals surface area contributed by atoms with Crippen molar-refractivity contribution in [3.05, 3.63) is 28.2 Å². The summed E-state index contributed by atoms with van der Waals surface area (Å²) in [5, 5.41) is 8.53. The maximum atomic E-state index is 10.4. The highest BCUT2D eigenvalue weighted by Gasteiger charge is 2.15. The Balaban J connectivity index is 2.35. The van der Waals surface area contributed by atoms with E-state index in [9.17, 15) is 4.79 Å². The minimum Gasteiger partial charge on any atom is -0.486 e. The van der Waals surface area contributed by atoms with Crippen LogP contribution in [-0.2, 0) is 4.79 Å². The number of benzene rings is 1. The van der Waals surface area contributed by atoms with E-state index in [-0.39, 0.29) is 0 Å². The number of rotatable bonds is 2. The first kappa shape index (κ1) is 11.0. The highest BCUT2D eigenvalue weighted by Crippen LogP contribution is 2.38. The predicted molar refractivity (Wildman–Crippen MR) is 61.8 cm³/mol. The molecule has 0 aromatic heterocycles. The van der Waals surface area contributed by atoms with Crippen molar-refractivity contribution in [3.63, 3.8) is 0 Å². The van der Waals surface area contributed by atoms with Gasteiger partial charge in [0.25, 0.3) is 0 Å². The van der Waals surface area contributed by atoms with Gasteiger partial charge in [-0.1, -0.05) is 0 Å². The van der Waals surface area contributed by atoms with E-state index in [1.807, 2.05) is 0 Å². The molecule has 0 radical (unpaired) electrons. The van der Waals surface area contributed by atoms with Gasteiger partial charge < -0.3 is 14.6 Å². The van der Waals surface area contributed by atoms with Gasteiger partial charge >= 0.3 is 5.97 Å². The largest absolute Gasteiger partial charge is 0.486 e. The van der Waals surface area contributed by atoms with Gasteiger partial charge in [0.2, 0.25) is 0 Å². The Kier molecular flexibility index (Phi) is 3.14. The Hall–Kier alpha value is -1.49. The molecule has 0 atom stereocenters. The second kappa shape index (κ2) is 4.57. The van der Waals surface area contributed by atoms with E-state index in [0.29, 0.717) is 24.7 Å². The SMILES string of the molecule is O=C(O)C=Cc1cc(Br)c2c(c1)OCCO2. The molecule has 4 nitrogen and oxygen atoms in total. The third kappa shape index (κ3) is 2.36. The van der Waals surface area contributed by atoms with Crippen LogP contribution in [0.1, 0.15) is 5.56 Å². The summed E-state index contributed by atoms with van der Waals surface area (Å²) < 4.78 is 11.6. The number of hydrogen-bond acceptors (Lipinski definition) is 3. The molecule has 0 unspecified atom stereocenters. The number of carbonyl (C=O) groups is 1. The highest BCUT2D eigenvalue weighted by atomic mass is 79.9. The molecular weight excluding hydrogens is 276 g/mol. The summed E-state index contributed by atoms with van der Waals surface area (Å²) in [6.45, 7) is 1.03. The van der Waals surface area contributed by atoms with Crippen LogP contribution < -0.4 is 9.47 Å². The summed E-state index contributed by atoms with van der Waals surface area (Å²) in [7, 11) is 0. The Bertz CT molecular complexity index is 454. The number of fused-ring (bicyclic) bond motifs is 1. The number of carboxylic acids is 1. The topological polar surface area (TPSA) is 55.8 Å². The summed E-state index contributed by atoms with van der Waals surface area (Å²) in [4.78, 5) is 10.4. The van der Waals surface area contributed by atoms with Crippen molar-refractivity contribution in [2.45, 2.75) is 0 Å². The fraction of sp³-hybridized carbons (Fsp3) is 0.182. The van der Waals surface area contributed by atoms with Crippen LogP contribution in [0.4, 0.5) is 0 Å². The number of aliphatic carboxylic acids is 1. The summed E-state index contributed by atoms with van der Waals surface area (Å²) in [6.07, 6.45) is 2.59. The van der Waals surface area contributed by atoms with Gasteiger partial charge in [0.15, 0.2) is 11.5 Å². The monoisotopic (exact) mass is 284 g/mol. The molecule has 16 heavy (non-hydrogen) atoms. The maximum Gasteiger partial charge on any atom is 0.328 e. The molecule has 1 aromatic carbocycles. The molecule has 0 spiro atoms. The summed E-state index contributed by atoms with van der Waals surface area (Å²) in [5.41, 5.74) is 0.749. The van der Waals surface area contributed by atoms with Crippen molar-refractivity contribution >= 4 is 28.0 Å². The number of carboxylic acid groups (broad SMARTS) is 1. The zero-order chi connectivity index (χ0) is 11.5. The van der Waals surface area contributed by atoms with Crippen LogP contribution in [0.2, 0.25) is 0 Å². The molecule has 1 aromatic rings. The number of hydrogen-bond donors (Lipinski definition) is 1. The maximum absolute atomic E-state index is 10.4. The molecule has 0 saturated carbocycles. The first-order valence-corrected chi connectivity index (χ1v) is 5.46. The van der Waals surface area contributed by atoms with E-state index in [1.54, 1.807) is 12.1 Å². The minimum absolute atomic E-state index is 0.505. The molecular formula is C11H9BrO4. The Morgan fingerprint density at radius 3 is 2.88 bits per heavy atom. The lowest BCUT2D eigenvalue weighted by atomic mass is 10.2. The molecule has 1 aliphatic rings. The first-order chi connectivity index (χ1) is 7.66. The third-order valence-corrected chi connectivity index (χ3v) is 2.63. The van der Waals surface area contributed by atoms with Gasteiger partial charge in [0, 0.05) is 6.08 Å². The minimum atomic E-state index is -0.981. The second-order valence-corrected chi connectivity index (χ2v) is 4.05. The molecule has 84 valence electrons. The van der Waals surface area contributed by atoms with Crippen LogP contribution in [-0.4, -0.2) is 24.3 Å². The predicted octanol–water partition coefficient (Wildman–Crippen LogP) is 2.32. The van der Waals surface area contributed by atoms with E-state index in [1.165, 1.54) is 6.08 Å². The Morgan fingerprint density at radius 1 is 1.38 bits per heavy atom. The van der Waals surface area contributed by atoms with E-state index in [0.717, 1.165) is 16.1 Å². The number of ether oxygens (including phenoxy) is 2. The first-order valence-electron chi connectivity index (χ1n) is 4.67. The molecule has 2 rings (SSSR count). The van der Waals surface area contributed by atoms with Crippen molar-refractivity contribution in [2.75, 3.05) is 13.2 Å². The highest BCUT2D eigenvalue weighted by molar-refractivity contribution is 9.10. The van der Waals surface area contributed by atoms with Crippen molar-refractivity contribution in [1.29, 1.82) is 0 Å². The summed E-state index contributed by atoms with van der Waals surface area (Å²) in [6, 6.07) is 3.53. The average Bonchev–Trinajstić information content (AvgIpc) is 2.26. The molecule has 1 N–H and O–H groups in total. The smallest absolute Gasteiger partial charge is 0.328 e. The van der Waals surface area contributed by atoms with Crippen molar-refractivity contribution in [2.24, 2.45) is 0 Å². The van der Waals surface area contributed by atoms with Gasteiger partial charge in [-0.25, -0.2) is 4.79 Å². The standard InChI is InChI=1S/C11H9BrO4/c12-8-5-7(1-2-10(13)14)6-9-11(8)16-4-3-15-9/h1-2,5-6H,3-4H2,(H,13,14). The third-order valence-electron chi connectivity index (χ3n) is 2.04. The van der Waals surface area contributed by atoms with Crippen molar-refractivity contribution < 1.29 is 19.4 Å². The quantitative estimate of drug-likeness (QED) is 0.847. The van der Waals surface area contributed by atoms with Gasteiger partial charge in [-0.05, 0) is 39.7 Å². The molecule has 1 heterocycles. The fourth-order valence-electron chi connectivity index (χ4n) is 1.39. The fourth-order valence-corrected chi connectivity index (χ4v) is 1.97. The molecule has 5 heteroatoms. The average molecular weight is 285 g/mol. The van der Waals surface area contributed by atoms with E-state index < -0.39 is 5.97 Å². The van der Waals surface area contributed by atoms with Crippen LogP contribution in [0.25, 0.3) is 6.08 Å². The van der Waals surface area contributed by atoms with Crippen molar-refractivity contribution in [3.8, 4) is 11.5 Å². The molecule has 0 bridgehead atoms. The van der Waals surface area contributed by atoms with E-state index >= 15 is 0 Å². The molecule has 0 fully saturated rings. The van der Waals surface area contributed by atoms with Gasteiger partial charge in [0.05, 0.1) is 4.47 Å². The van der Waals surface area contributed by atoms with E-state index in [2.05, 4.69) is 15.9 Å². The van der Waals surface area contributed by atoms with Crippen LogP contribution in [0.3, 0.4) is 0 Å². The normalized spacial score (nSPS) is 14.1. The lowest BCUT2D eigenvalue weighted by Gasteiger charge is -2.19. The van der Waals surface area contributed by atoms with E-state index in [4.69, 9.17) is 14.6 Å². The summed E-state index contributed by atoms with van der Waals surface area (Å²) in [5.74, 6) is 0.315. The van der Waals surface area contributed by atoms with Crippen LogP contribution in [0.5, 0.6) is 11.5 Å². The Labute approximate surface area is 101 Å². The number of halogens is 1. The van der Waals surface area contributed by atoms with Crippen LogP contribution in [0, 0.1) is 0 Å². The van der Waals surface area contributed by atoms with Crippen molar-refractivity contribution in [1.82, 2.24) is 0 Å². The molecule has 0 amide bonds. The zero-order valence-electron chi connectivity index (χ0n) is 8.27.